The maximum Gasteiger partial charge on any atom is 0.437 e. The van der Waals surface area contributed by atoms with E-state index in [1.54, 1.807) is 37.3 Å². The van der Waals surface area contributed by atoms with Gasteiger partial charge in [0.25, 0.3) is 0 Å². The van der Waals surface area contributed by atoms with Crippen molar-refractivity contribution in [1.82, 2.24) is 10.2 Å². The molecule has 0 bridgehead atoms. The van der Waals surface area contributed by atoms with Gasteiger partial charge in [-0.25, -0.2) is 14.6 Å². The lowest BCUT2D eigenvalue weighted by atomic mass is 10.1. The topological polar surface area (TPSA) is 162 Å². The van der Waals surface area contributed by atoms with Crippen molar-refractivity contribution in [2.45, 2.75) is 83.6 Å². The van der Waals surface area contributed by atoms with Crippen LogP contribution in [0.25, 0.3) is 0 Å². The van der Waals surface area contributed by atoms with Crippen LogP contribution in [0, 0.1) is 0 Å². The number of amides is 2. The first-order chi connectivity index (χ1) is 19.5. The average molecular weight is 532 g/mol. The van der Waals surface area contributed by atoms with E-state index in [-0.39, 0.29) is 13.0 Å². The van der Waals surface area contributed by atoms with Gasteiger partial charge in [0.2, 0.25) is 18.0 Å². The number of cyclic esters (lactones) is 1. The predicted octanol–water partition coefficient (Wildman–Crippen LogP) is 3.34. The number of nitrogens with two attached hydrogens (primary N) is 2. The van der Waals surface area contributed by atoms with Gasteiger partial charge in [-0.15, -0.1) is 4.99 Å². The number of allylic oxidation sites excluding steroid dienone is 2. The third-order valence-electron chi connectivity index (χ3n) is 5.60. The van der Waals surface area contributed by atoms with Gasteiger partial charge in [0.1, 0.15) is 6.61 Å². The fourth-order valence-electron chi connectivity index (χ4n) is 3.62. The van der Waals surface area contributed by atoms with E-state index in [0.717, 1.165) is 38.5 Å². The molecule has 11 heteroatoms. The second-order valence-corrected chi connectivity index (χ2v) is 8.92. The molecule has 208 valence electrons. The number of carbonyl (C=O) groups is 3. The monoisotopic (exact) mass is 531 g/mol. The molecule has 2 rings (SSSR count). The Morgan fingerprint density at radius 1 is 1.13 bits per heavy atom. The summed E-state index contributed by atoms with van der Waals surface area (Å²) in [7, 11) is 0. The van der Waals surface area contributed by atoms with E-state index < -0.39 is 49.1 Å². The van der Waals surface area contributed by atoms with Crippen LogP contribution in [-0.4, -0.2) is 54.0 Å². The molecule has 0 saturated carbocycles. The molecule has 0 radical (unpaired) electrons. The van der Waals surface area contributed by atoms with Crippen molar-refractivity contribution in [2.24, 2.45) is 21.5 Å². The molecular weight excluding hydrogens is 488 g/mol. The molecule has 11 nitrogen and oxygen atoms in total. The van der Waals surface area contributed by atoms with E-state index in [1.165, 1.54) is 0 Å². The Kier molecular flexibility index (Phi) is 11.4. The Morgan fingerprint density at radius 2 is 1.84 bits per heavy atom. The highest BCUT2D eigenvalue weighted by Crippen LogP contribution is 2.12. The van der Waals surface area contributed by atoms with E-state index in [0.29, 0.717) is 23.3 Å². The van der Waals surface area contributed by atoms with Gasteiger partial charge in [0, 0.05) is 17.5 Å². The maximum atomic E-state index is 13.2. The van der Waals surface area contributed by atoms with Crippen LogP contribution in [0.5, 0.6) is 0 Å². The van der Waals surface area contributed by atoms with Crippen LogP contribution < -0.4 is 16.8 Å². The lowest BCUT2D eigenvalue weighted by molar-refractivity contribution is -0.153. The summed E-state index contributed by atoms with van der Waals surface area (Å²) in [5, 5.41) is 2.36. The number of rotatable bonds is 3. The zero-order chi connectivity index (χ0) is 30.3. The normalized spacial score (nSPS) is 24.2. The molecule has 1 aliphatic heterocycles. The minimum absolute atomic E-state index is 0.0250. The summed E-state index contributed by atoms with van der Waals surface area (Å²) in [6.07, 6.45) is 6.56. The van der Waals surface area contributed by atoms with Crippen LogP contribution in [0.15, 0.2) is 52.5 Å². The third-order valence-corrected chi connectivity index (χ3v) is 5.60. The summed E-state index contributed by atoms with van der Waals surface area (Å²) in [5.74, 6) is -3.10. The van der Waals surface area contributed by atoms with Gasteiger partial charge in [-0.2, -0.15) is 0 Å². The molecular formula is C27H40N6O5. The van der Waals surface area contributed by atoms with E-state index in [2.05, 4.69) is 27.5 Å². The fraction of sp³-hybridized carbons (Fsp3) is 0.519. The summed E-state index contributed by atoms with van der Waals surface area (Å²) in [5.41, 5.74) is 11.7. The van der Waals surface area contributed by atoms with E-state index in [4.69, 9.17) is 25.1 Å². The number of guanidine groups is 2. The Labute approximate surface area is 228 Å². The van der Waals surface area contributed by atoms with Crippen molar-refractivity contribution < 1.29 is 28.0 Å². The number of hydrogen-bond donors (Lipinski definition) is 3. The summed E-state index contributed by atoms with van der Waals surface area (Å²) < 4.78 is 35.1. The molecule has 5 N–H and O–H groups in total. The number of ether oxygens (including phenoxy) is 2. The Balaban J connectivity index is 2.46. The molecule has 1 heterocycles. The number of hydrogen-bond acceptors (Lipinski definition) is 6. The minimum atomic E-state index is -3.15. The van der Waals surface area contributed by atoms with E-state index in [9.17, 15) is 14.4 Å². The third kappa shape index (κ3) is 11.9. The first kappa shape index (κ1) is 25.7. The first-order valence-corrected chi connectivity index (χ1v) is 12.8. The van der Waals surface area contributed by atoms with Crippen LogP contribution >= 0.6 is 0 Å². The highest BCUT2D eigenvalue weighted by Gasteiger charge is 2.30. The summed E-state index contributed by atoms with van der Waals surface area (Å²) in [4.78, 5) is 46.7. The van der Waals surface area contributed by atoms with Crippen molar-refractivity contribution >= 4 is 29.9 Å². The lowest BCUT2D eigenvalue weighted by Crippen LogP contribution is -2.51. The number of nitrogens with one attached hydrogen (secondary N) is 1. The van der Waals surface area contributed by atoms with Gasteiger partial charge < -0.3 is 25.8 Å². The van der Waals surface area contributed by atoms with Crippen molar-refractivity contribution in [2.75, 3.05) is 6.98 Å². The van der Waals surface area contributed by atoms with Crippen molar-refractivity contribution in [3.05, 3.63) is 48.0 Å². The summed E-state index contributed by atoms with van der Waals surface area (Å²) in [6.45, 7) is -1.65. The average Bonchev–Trinajstić information content (AvgIpc) is 2.89. The Hall–Kier alpha value is -3.89. The molecule has 2 atom stereocenters. The number of esters is 1. The molecule has 0 fully saturated rings. The van der Waals surface area contributed by atoms with Crippen molar-refractivity contribution in [3.8, 4) is 0 Å². The summed E-state index contributed by atoms with van der Waals surface area (Å²) in [6, 6.07) is 8.73. The standard InChI is InChI=1S/C27H40N6O5/c1-20-15-11-8-6-4-3-5-7-9-14-18-22(34)30-26(33(2)23(24(35)38-20)31-25(28)29)32-27(36)37-19-21-16-12-10-13-17-21/h4,6,10,12-13,16-17,20,23H,3,5,7-9,11,14-15,18-19H2,1-2H3,(H4,28,29,31)(H,30,32,34,36)/b6-4+/i2D3. The second kappa shape index (κ2) is 16.8. The molecule has 0 spiro atoms. The highest BCUT2D eigenvalue weighted by atomic mass is 16.6. The lowest BCUT2D eigenvalue weighted by Gasteiger charge is -2.27. The Bertz CT molecular complexity index is 1090. The number of carbonyl (C=O) groups excluding carboxylic acids is 3. The van der Waals surface area contributed by atoms with E-state index in [1.807, 2.05) is 0 Å². The minimum Gasteiger partial charge on any atom is -0.460 e. The molecule has 1 aromatic rings. The molecule has 38 heavy (non-hydrogen) atoms. The summed E-state index contributed by atoms with van der Waals surface area (Å²) >= 11 is 0. The maximum absolute atomic E-state index is 13.2. The Morgan fingerprint density at radius 3 is 2.55 bits per heavy atom. The smallest absolute Gasteiger partial charge is 0.437 e. The van der Waals surface area contributed by atoms with Gasteiger partial charge in [0.05, 0.1) is 6.10 Å². The molecule has 2 amide bonds. The van der Waals surface area contributed by atoms with Gasteiger partial charge in [0.15, 0.2) is 5.96 Å². The van der Waals surface area contributed by atoms with Gasteiger partial charge in [-0.1, -0.05) is 55.3 Å². The van der Waals surface area contributed by atoms with Gasteiger partial charge in [-0.05, 0) is 51.0 Å². The van der Waals surface area contributed by atoms with Crippen LogP contribution in [0.4, 0.5) is 4.79 Å². The zero-order valence-electron chi connectivity index (χ0n) is 24.8. The van der Waals surface area contributed by atoms with Gasteiger partial charge >= 0.3 is 12.1 Å². The second-order valence-electron chi connectivity index (χ2n) is 8.92. The first-order valence-electron chi connectivity index (χ1n) is 14.3. The fourth-order valence-corrected chi connectivity index (χ4v) is 3.62. The van der Waals surface area contributed by atoms with Crippen LogP contribution in [0.3, 0.4) is 0 Å². The molecule has 0 aliphatic carbocycles. The van der Waals surface area contributed by atoms with Crippen LogP contribution in [0.1, 0.15) is 74.4 Å². The van der Waals surface area contributed by atoms with Crippen molar-refractivity contribution in [3.63, 3.8) is 0 Å². The highest BCUT2D eigenvalue weighted by molar-refractivity contribution is 6.02. The van der Waals surface area contributed by atoms with Crippen LogP contribution in [0.2, 0.25) is 0 Å². The molecule has 1 aliphatic rings. The molecule has 0 saturated heterocycles. The van der Waals surface area contributed by atoms with E-state index >= 15 is 0 Å². The number of benzene rings is 1. The largest absolute Gasteiger partial charge is 0.460 e. The number of nitrogens with zero attached hydrogens (tertiary/aromatic N) is 3. The van der Waals surface area contributed by atoms with Gasteiger partial charge in [-0.3, -0.25) is 10.1 Å². The molecule has 1 aromatic carbocycles. The zero-order valence-corrected chi connectivity index (χ0v) is 21.8. The molecule has 0 aromatic heterocycles. The quantitative estimate of drug-likeness (QED) is 0.231. The SMILES string of the molecule is [2H]C([2H])([2H])N1C(=NC(=O)OCc2ccccc2)NC(=O)CCCCCC/C=C/CCCC(C)OC(=O)C1N=C(N)N. The molecule has 2 unspecified atom stereocenters. The number of likely N-dealkylation sites (N-methyl/N-ethyl adjacent to an activating group) is 1. The van der Waals surface area contributed by atoms with Crippen LogP contribution in [-0.2, 0) is 25.7 Å². The predicted molar refractivity (Wildman–Crippen MR) is 146 cm³/mol. The van der Waals surface area contributed by atoms with Crippen molar-refractivity contribution in [1.29, 1.82) is 0 Å². The number of aliphatic imine (C=N–C) groups is 2.